The van der Waals surface area contributed by atoms with Gasteiger partial charge in [-0.25, -0.2) is 4.98 Å². The number of hydrogen-bond acceptors (Lipinski definition) is 4. The van der Waals surface area contributed by atoms with Crippen molar-refractivity contribution in [3.63, 3.8) is 0 Å². The zero-order valence-corrected chi connectivity index (χ0v) is 8.73. The van der Waals surface area contributed by atoms with E-state index in [0.29, 0.717) is 19.0 Å². The molecule has 0 aliphatic heterocycles. The Morgan fingerprint density at radius 1 is 1.67 bits per heavy atom. The van der Waals surface area contributed by atoms with Crippen LogP contribution in [0.15, 0.2) is 18.3 Å². The molecule has 0 saturated carbocycles. The lowest BCUT2D eigenvalue weighted by Crippen LogP contribution is -2.28. The normalized spacial score (nSPS) is 11.8. The van der Waals surface area contributed by atoms with E-state index < -0.39 is 0 Å². The second kappa shape index (κ2) is 6.02. The molecule has 0 saturated heterocycles. The van der Waals surface area contributed by atoms with Crippen molar-refractivity contribution in [1.82, 2.24) is 10.3 Å². The molecular formula is C11H15N3O. The van der Waals surface area contributed by atoms with Crippen LogP contribution < -0.4 is 15.8 Å². The van der Waals surface area contributed by atoms with Crippen LogP contribution in [0.4, 0.5) is 0 Å². The van der Waals surface area contributed by atoms with E-state index in [1.807, 2.05) is 6.07 Å². The minimum atomic E-state index is 0.0412. The average Bonchev–Trinajstić information content (AvgIpc) is 2.31. The first kappa shape index (κ1) is 11.5. The minimum absolute atomic E-state index is 0.0412. The van der Waals surface area contributed by atoms with Crippen molar-refractivity contribution in [2.24, 2.45) is 5.73 Å². The Bertz CT molecular complexity index is 329. The van der Waals surface area contributed by atoms with Gasteiger partial charge in [0.1, 0.15) is 0 Å². The Morgan fingerprint density at radius 3 is 2.93 bits per heavy atom. The SMILES string of the molecule is C#CCNC(CN)c1ccc(OC)nc1. The summed E-state index contributed by atoms with van der Waals surface area (Å²) >= 11 is 0. The molecule has 1 rings (SSSR count). The summed E-state index contributed by atoms with van der Waals surface area (Å²) in [7, 11) is 1.58. The van der Waals surface area contributed by atoms with Crippen LogP contribution >= 0.6 is 0 Å². The van der Waals surface area contributed by atoms with Gasteiger partial charge in [0.25, 0.3) is 0 Å². The maximum atomic E-state index is 5.63. The van der Waals surface area contributed by atoms with Crippen molar-refractivity contribution in [2.45, 2.75) is 6.04 Å². The van der Waals surface area contributed by atoms with Crippen LogP contribution in [0.5, 0.6) is 5.88 Å². The van der Waals surface area contributed by atoms with Crippen molar-refractivity contribution < 1.29 is 4.74 Å². The molecule has 1 heterocycles. The standard InChI is InChI=1S/C11H15N3O/c1-3-6-13-10(7-12)9-4-5-11(15-2)14-8-9/h1,4-5,8,10,13H,6-7,12H2,2H3. The van der Waals surface area contributed by atoms with Crippen LogP contribution in [0.1, 0.15) is 11.6 Å². The molecule has 0 fully saturated rings. The fourth-order valence-corrected chi connectivity index (χ4v) is 1.24. The molecule has 3 N–H and O–H groups in total. The van der Waals surface area contributed by atoms with Crippen LogP contribution in [0.25, 0.3) is 0 Å². The third-order valence-electron chi connectivity index (χ3n) is 2.06. The Morgan fingerprint density at radius 2 is 2.47 bits per heavy atom. The summed E-state index contributed by atoms with van der Waals surface area (Å²) < 4.78 is 4.97. The van der Waals surface area contributed by atoms with Gasteiger partial charge < -0.3 is 10.5 Å². The van der Waals surface area contributed by atoms with Gasteiger partial charge in [-0.3, -0.25) is 5.32 Å². The highest BCUT2D eigenvalue weighted by Crippen LogP contribution is 2.13. The lowest BCUT2D eigenvalue weighted by Gasteiger charge is -2.15. The lowest BCUT2D eigenvalue weighted by molar-refractivity contribution is 0.397. The van der Waals surface area contributed by atoms with Gasteiger partial charge in [-0.15, -0.1) is 6.42 Å². The van der Waals surface area contributed by atoms with Crippen molar-refractivity contribution in [3.8, 4) is 18.2 Å². The van der Waals surface area contributed by atoms with Gasteiger partial charge in [-0.1, -0.05) is 12.0 Å². The molecule has 4 nitrogen and oxygen atoms in total. The van der Waals surface area contributed by atoms with Crippen molar-refractivity contribution in [1.29, 1.82) is 0 Å². The summed E-state index contributed by atoms with van der Waals surface area (Å²) in [6.07, 6.45) is 6.90. The number of rotatable bonds is 5. The number of aromatic nitrogens is 1. The molecule has 0 spiro atoms. The third kappa shape index (κ3) is 3.24. The minimum Gasteiger partial charge on any atom is -0.481 e. The summed E-state index contributed by atoms with van der Waals surface area (Å²) in [5.41, 5.74) is 6.63. The molecule has 0 bridgehead atoms. The van der Waals surface area contributed by atoms with Crippen molar-refractivity contribution in [3.05, 3.63) is 23.9 Å². The van der Waals surface area contributed by atoms with Gasteiger partial charge in [0.05, 0.1) is 13.7 Å². The fourth-order valence-electron chi connectivity index (χ4n) is 1.24. The van der Waals surface area contributed by atoms with Crippen molar-refractivity contribution in [2.75, 3.05) is 20.2 Å². The van der Waals surface area contributed by atoms with Gasteiger partial charge >= 0.3 is 0 Å². The maximum absolute atomic E-state index is 5.63. The van der Waals surface area contributed by atoms with Crippen LogP contribution in [0.2, 0.25) is 0 Å². The number of terminal acetylenes is 1. The highest BCUT2D eigenvalue weighted by Gasteiger charge is 2.08. The zero-order valence-electron chi connectivity index (χ0n) is 8.73. The first-order valence-corrected chi connectivity index (χ1v) is 4.68. The van der Waals surface area contributed by atoms with E-state index in [-0.39, 0.29) is 6.04 Å². The van der Waals surface area contributed by atoms with Crippen LogP contribution in [0, 0.1) is 12.3 Å². The summed E-state index contributed by atoms with van der Waals surface area (Å²) in [6.45, 7) is 0.976. The van der Waals surface area contributed by atoms with Crippen molar-refractivity contribution >= 4 is 0 Å². The summed E-state index contributed by atoms with van der Waals surface area (Å²) in [5, 5.41) is 3.13. The smallest absolute Gasteiger partial charge is 0.212 e. The Hall–Kier alpha value is -1.57. The molecule has 1 aromatic heterocycles. The molecule has 0 aliphatic rings. The molecule has 0 radical (unpaired) electrons. The van der Waals surface area contributed by atoms with Crippen LogP contribution in [-0.4, -0.2) is 25.2 Å². The largest absolute Gasteiger partial charge is 0.481 e. The predicted octanol–water partition coefficient (Wildman–Crippen LogP) is 0.313. The van der Waals surface area contributed by atoms with Crippen LogP contribution in [-0.2, 0) is 0 Å². The highest BCUT2D eigenvalue weighted by atomic mass is 16.5. The Kier molecular flexibility index (Phi) is 4.61. The lowest BCUT2D eigenvalue weighted by atomic mass is 10.1. The summed E-state index contributed by atoms with van der Waals surface area (Å²) in [5.74, 6) is 3.10. The highest BCUT2D eigenvalue weighted by molar-refractivity contribution is 5.21. The third-order valence-corrected chi connectivity index (χ3v) is 2.06. The predicted molar refractivity (Wildman–Crippen MR) is 59.4 cm³/mol. The maximum Gasteiger partial charge on any atom is 0.212 e. The number of nitrogens with zero attached hydrogens (tertiary/aromatic N) is 1. The molecule has 80 valence electrons. The second-order valence-electron chi connectivity index (χ2n) is 3.01. The molecular weight excluding hydrogens is 190 g/mol. The number of nitrogens with one attached hydrogen (secondary N) is 1. The first-order valence-electron chi connectivity index (χ1n) is 4.68. The zero-order chi connectivity index (χ0) is 11.1. The molecule has 15 heavy (non-hydrogen) atoms. The van der Waals surface area contributed by atoms with E-state index in [1.165, 1.54) is 0 Å². The summed E-state index contributed by atoms with van der Waals surface area (Å²) in [4.78, 5) is 4.10. The van der Waals surface area contributed by atoms with E-state index in [2.05, 4.69) is 16.2 Å². The fraction of sp³-hybridized carbons (Fsp3) is 0.364. The molecule has 0 aliphatic carbocycles. The number of hydrogen-bond donors (Lipinski definition) is 2. The number of pyridine rings is 1. The quantitative estimate of drug-likeness (QED) is 0.679. The van der Waals surface area contributed by atoms with Gasteiger partial charge in [0, 0.05) is 24.8 Å². The molecule has 4 heteroatoms. The van der Waals surface area contributed by atoms with E-state index in [1.54, 1.807) is 19.4 Å². The first-order chi connectivity index (χ1) is 7.31. The number of nitrogens with two attached hydrogens (primary N) is 1. The van der Waals surface area contributed by atoms with E-state index in [9.17, 15) is 0 Å². The second-order valence-corrected chi connectivity index (χ2v) is 3.01. The molecule has 1 unspecified atom stereocenters. The molecule has 0 aromatic carbocycles. The van der Waals surface area contributed by atoms with E-state index in [0.717, 1.165) is 5.56 Å². The van der Waals surface area contributed by atoms with Gasteiger partial charge in [-0.05, 0) is 5.56 Å². The Balaban J connectivity index is 2.70. The van der Waals surface area contributed by atoms with E-state index in [4.69, 9.17) is 16.9 Å². The number of ether oxygens (including phenoxy) is 1. The van der Waals surface area contributed by atoms with E-state index >= 15 is 0 Å². The monoisotopic (exact) mass is 205 g/mol. The number of methoxy groups -OCH3 is 1. The topological polar surface area (TPSA) is 60.2 Å². The van der Waals surface area contributed by atoms with Crippen LogP contribution in [0.3, 0.4) is 0 Å². The Labute approximate surface area is 89.8 Å². The molecule has 1 atom stereocenters. The van der Waals surface area contributed by atoms with Gasteiger partial charge in [0.15, 0.2) is 0 Å². The molecule has 0 amide bonds. The average molecular weight is 205 g/mol. The molecule has 1 aromatic rings. The van der Waals surface area contributed by atoms with Gasteiger partial charge in [0.2, 0.25) is 5.88 Å². The summed E-state index contributed by atoms with van der Waals surface area (Å²) in [6, 6.07) is 3.77. The van der Waals surface area contributed by atoms with Gasteiger partial charge in [-0.2, -0.15) is 0 Å².